The Morgan fingerprint density at radius 3 is 2.89 bits per heavy atom. The van der Waals surface area contributed by atoms with E-state index in [-0.39, 0.29) is 18.1 Å². The van der Waals surface area contributed by atoms with Crippen LogP contribution in [-0.4, -0.2) is 31.2 Å². The molecule has 1 aliphatic rings. The Labute approximate surface area is 114 Å². The molecule has 0 aliphatic carbocycles. The number of amides is 1. The smallest absolute Gasteiger partial charge is 0.237 e. The minimum atomic E-state index is -0.131. The fourth-order valence-electron chi connectivity index (χ4n) is 2.23. The summed E-state index contributed by atoms with van der Waals surface area (Å²) < 4.78 is 5.40. The molecule has 1 heterocycles. The molecule has 1 amide bonds. The van der Waals surface area contributed by atoms with E-state index in [1.165, 1.54) is 11.1 Å². The van der Waals surface area contributed by atoms with Crippen LogP contribution in [0.4, 0.5) is 0 Å². The van der Waals surface area contributed by atoms with Crippen LogP contribution in [0.1, 0.15) is 25.0 Å². The van der Waals surface area contributed by atoms with E-state index in [4.69, 9.17) is 4.74 Å². The third-order valence-electron chi connectivity index (χ3n) is 3.25. The standard InChI is InChI=1S/C15H22N2O2/c1-11(2)19-8-7-16-15(18)14-9-12-5-3-4-6-13(12)10-17-14/h3-6,11,14,17H,7-10H2,1-2H3,(H,16,18)/t14-/m1/s1. The minimum Gasteiger partial charge on any atom is -0.377 e. The number of fused-ring (bicyclic) bond motifs is 1. The summed E-state index contributed by atoms with van der Waals surface area (Å²) in [6.45, 7) is 5.86. The molecule has 0 spiro atoms. The van der Waals surface area contributed by atoms with Gasteiger partial charge in [-0.3, -0.25) is 4.79 Å². The van der Waals surface area contributed by atoms with Gasteiger partial charge in [0.1, 0.15) is 0 Å². The molecule has 1 aromatic carbocycles. The second-order valence-electron chi connectivity index (χ2n) is 5.12. The number of hydrogen-bond acceptors (Lipinski definition) is 3. The summed E-state index contributed by atoms with van der Waals surface area (Å²) in [5, 5.41) is 6.18. The van der Waals surface area contributed by atoms with Gasteiger partial charge in [0.2, 0.25) is 5.91 Å². The zero-order chi connectivity index (χ0) is 13.7. The Morgan fingerprint density at radius 2 is 2.16 bits per heavy atom. The molecule has 0 aromatic heterocycles. The summed E-state index contributed by atoms with van der Waals surface area (Å²) >= 11 is 0. The maximum Gasteiger partial charge on any atom is 0.237 e. The highest BCUT2D eigenvalue weighted by atomic mass is 16.5. The topological polar surface area (TPSA) is 50.4 Å². The summed E-state index contributed by atoms with van der Waals surface area (Å²) in [6, 6.07) is 8.12. The third-order valence-corrected chi connectivity index (χ3v) is 3.25. The van der Waals surface area contributed by atoms with Gasteiger partial charge in [0.25, 0.3) is 0 Å². The summed E-state index contributed by atoms with van der Waals surface area (Å²) in [5.41, 5.74) is 2.55. The molecule has 2 rings (SSSR count). The molecule has 19 heavy (non-hydrogen) atoms. The molecule has 4 nitrogen and oxygen atoms in total. The van der Waals surface area contributed by atoms with E-state index >= 15 is 0 Å². The second kappa shape index (κ2) is 6.68. The van der Waals surface area contributed by atoms with Crippen LogP contribution < -0.4 is 10.6 Å². The molecule has 1 atom stereocenters. The van der Waals surface area contributed by atoms with Crippen molar-refractivity contribution in [1.82, 2.24) is 10.6 Å². The monoisotopic (exact) mass is 262 g/mol. The van der Waals surface area contributed by atoms with Crippen molar-refractivity contribution >= 4 is 5.91 Å². The molecule has 4 heteroatoms. The molecule has 1 aliphatic heterocycles. The van der Waals surface area contributed by atoms with Crippen molar-refractivity contribution in [1.29, 1.82) is 0 Å². The lowest BCUT2D eigenvalue weighted by molar-refractivity contribution is -0.123. The highest BCUT2D eigenvalue weighted by molar-refractivity contribution is 5.82. The lowest BCUT2D eigenvalue weighted by atomic mass is 9.95. The molecule has 0 radical (unpaired) electrons. The largest absolute Gasteiger partial charge is 0.377 e. The normalized spacial score (nSPS) is 18.2. The Hall–Kier alpha value is -1.39. The van der Waals surface area contributed by atoms with Gasteiger partial charge in [-0.2, -0.15) is 0 Å². The predicted molar refractivity (Wildman–Crippen MR) is 74.9 cm³/mol. The van der Waals surface area contributed by atoms with E-state index in [0.717, 1.165) is 13.0 Å². The van der Waals surface area contributed by atoms with E-state index in [1.807, 2.05) is 26.0 Å². The van der Waals surface area contributed by atoms with Crippen LogP contribution in [0.5, 0.6) is 0 Å². The Kier molecular flexibility index (Phi) is 4.93. The van der Waals surface area contributed by atoms with Crippen LogP contribution in [-0.2, 0) is 22.5 Å². The SMILES string of the molecule is CC(C)OCCNC(=O)[C@H]1Cc2ccccc2CN1. The summed E-state index contributed by atoms with van der Waals surface area (Å²) in [5.74, 6) is 0.0573. The van der Waals surface area contributed by atoms with Crippen molar-refractivity contribution in [2.45, 2.75) is 39.0 Å². The number of rotatable bonds is 5. The highest BCUT2D eigenvalue weighted by Crippen LogP contribution is 2.16. The highest BCUT2D eigenvalue weighted by Gasteiger charge is 2.23. The lowest BCUT2D eigenvalue weighted by Crippen LogP contribution is -2.48. The maximum atomic E-state index is 12.0. The fourth-order valence-corrected chi connectivity index (χ4v) is 2.23. The zero-order valence-electron chi connectivity index (χ0n) is 11.6. The van der Waals surface area contributed by atoms with Gasteiger partial charge in [0.15, 0.2) is 0 Å². The Balaban J connectivity index is 1.79. The molecule has 0 fully saturated rings. The summed E-state index contributed by atoms with van der Waals surface area (Å²) in [4.78, 5) is 12.0. The van der Waals surface area contributed by atoms with Crippen molar-refractivity contribution in [3.05, 3.63) is 35.4 Å². The lowest BCUT2D eigenvalue weighted by Gasteiger charge is -2.25. The molecule has 2 N–H and O–H groups in total. The zero-order valence-corrected chi connectivity index (χ0v) is 11.6. The van der Waals surface area contributed by atoms with Gasteiger partial charge >= 0.3 is 0 Å². The van der Waals surface area contributed by atoms with Crippen LogP contribution in [0.25, 0.3) is 0 Å². The predicted octanol–water partition coefficient (Wildman–Crippen LogP) is 1.24. The van der Waals surface area contributed by atoms with Gasteiger partial charge < -0.3 is 15.4 Å². The fraction of sp³-hybridized carbons (Fsp3) is 0.533. The first-order valence-corrected chi connectivity index (χ1v) is 6.86. The van der Waals surface area contributed by atoms with Gasteiger partial charge in [-0.25, -0.2) is 0 Å². The molecule has 0 unspecified atom stereocenters. The number of nitrogens with one attached hydrogen (secondary N) is 2. The first-order valence-electron chi connectivity index (χ1n) is 6.86. The van der Waals surface area contributed by atoms with E-state index in [1.54, 1.807) is 0 Å². The van der Waals surface area contributed by atoms with Gasteiger partial charge in [-0.1, -0.05) is 24.3 Å². The van der Waals surface area contributed by atoms with Crippen molar-refractivity contribution in [2.24, 2.45) is 0 Å². The molecule has 0 saturated carbocycles. The van der Waals surface area contributed by atoms with Crippen LogP contribution in [0, 0.1) is 0 Å². The van der Waals surface area contributed by atoms with Crippen LogP contribution in [0.3, 0.4) is 0 Å². The van der Waals surface area contributed by atoms with Crippen molar-refractivity contribution < 1.29 is 9.53 Å². The van der Waals surface area contributed by atoms with Crippen molar-refractivity contribution in [3.63, 3.8) is 0 Å². The molecular weight excluding hydrogens is 240 g/mol. The average molecular weight is 262 g/mol. The van der Waals surface area contributed by atoms with Crippen LogP contribution >= 0.6 is 0 Å². The van der Waals surface area contributed by atoms with E-state index in [9.17, 15) is 4.79 Å². The van der Waals surface area contributed by atoms with E-state index < -0.39 is 0 Å². The third kappa shape index (κ3) is 4.04. The Bertz CT molecular complexity index is 432. The van der Waals surface area contributed by atoms with E-state index in [2.05, 4.69) is 22.8 Å². The van der Waals surface area contributed by atoms with Crippen molar-refractivity contribution in [3.8, 4) is 0 Å². The average Bonchev–Trinajstić information content (AvgIpc) is 2.42. The second-order valence-corrected chi connectivity index (χ2v) is 5.12. The first-order chi connectivity index (χ1) is 9.16. The van der Waals surface area contributed by atoms with Gasteiger partial charge in [0.05, 0.1) is 18.8 Å². The van der Waals surface area contributed by atoms with Gasteiger partial charge in [0, 0.05) is 13.1 Å². The molecule has 104 valence electrons. The molecule has 0 saturated heterocycles. The summed E-state index contributed by atoms with van der Waals surface area (Å²) in [7, 11) is 0. The molecular formula is C15H22N2O2. The molecule has 1 aromatic rings. The number of ether oxygens (including phenoxy) is 1. The number of carbonyl (C=O) groups excluding carboxylic acids is 1. The first kappa shape index (κ1) is 14.0. The van der Waals surface area contributed by atoms with Gasteiger partial charge in [-0.15, -0.1) is 0 Å². The Morgan fingerprint density at radius 1 is 1.42 bits per heavy atom. The number of benzene rings is 1. The number of hydrogen-bond donors (Lipinski definition) is 2. The quantitative estimate of drug-likeness (QED) is 0.785. The summed E-state index contributed by atoms with van der Waals surface area (Å²) in [6.07, 6.45) is 0.962. The minimum absolute atomic E-state index is 0.0573. The van der Waals surface area contributed by atoms with Crippen LogP contribution in [0.15, 0.2) is 24.3 Å². The van der Waals surface area contributed by atoms with E-state index in [0.29, 0.717) is 13.2 Å². The number of carbonyl (C=O) groups is 1. The van der Waals surface area contributed by atoms with Crippen LogP contribution in [0.2, 0.25) is 0 Å². The van der Waals surface area contributed by atoms with Crippen molar-refractivity contribution in [2.75, 3.05) is 13.2 Å². The van der Waals surface area contributed by atoms with Gasteiger partial charge in [-0.05, 0) is 31.4 Å². The maximum absolute atomic E-state index is 12.0. The molecule has 0 bridgehead atoms.